The van der Waals surface area contributed by atoms with Gasteiger partial charge in [-0.3, -0.25) is 0 Å². The van der Waals surface area contributed by atoms with E-state index in [0.29, 0.717) is 4.90 Å². The van der Waals surface area contributed by atoms with Gasteiger partial charge < -0.3 is 5.73 Å². The van der Waals surface area contributed by atoms with Crippen molar-refractivity contribution in [3.63, 3.8) is 0 Å². The Morgan fingerprint density at radius 1 is 0.829 bits per heavy atom. The molecular formula is C21H13Cl2F6N5S. The summed E-state index contributed by atoms with van der Waals surface area (Å²) in [6.07, 6.45) is -10.5. The van der Waals surface area contributed by atoms with E-state index in [1.54, 1.807) is 0 Å². The van der Waals surface area contributed by atoms with E-state index < -0.39 is 40.7 Å². The lowest BCUT2D eigenvalue weighted by atomic mass is 10.2. The van der Waals surface area contributed by atoms with Crippen LogP contribution in [0.15, 0.2) is 40.1 Å². The van der Waals surface area contributed by atoms with Crippen molar-refractivity contribution < 1.29 is 26.3 Å². The number of halogens is 8. The summed E-state index contributed by atoms with van der Waals surface area (Å²) in [5.41, 5.74) is 5.07. The van der Waals surface area contributed by atoms with Crippen LogP contribution in [0.3, 0.4) is 0 Å². The molecule has 0 unspecified atom stereocenters. The summed E-state index contributed by atoms with van der Waals surface area (Å²) in [5, 5.41) is 2.78. The van der Waals surface area contributed by atoms with Crippen LogP contribution < -0.4 is 5.73 Å². The van der Waals surface area contributed by atoms with Gasteiger partial charge in [0.15, 0.2) is 11.3 Å². The molecule has 2 aromatic carbocycles. The summed E-state index contributed by atoms with van der Waals surface area (Å²) in [6.45, 7) is 3.88. The van der Waals surface area contributed by atoms with E-state index in [-0.39, 0.29) is 15.7 Å². The second-order valence-corrected chi connectivity index (χ2v) is 9.51. The highest BCUT2D eigenvalue weighted by Gasteiger charge is 2.43. The summed E-state index contributed by atoms with van der Waals surface area (Å²) in [6, 6.07) is 8.88. The molecule has 0 aliphatic carbocycles. The van der Waals surface area contributed by atoms with Gasteiger partial charge in [-0.05, 0) is 49.2 Å². The van der Waals surface area contributed by atoms with E-state index in [9.17, 15) is 26.3 Å². The molecular weight excluding hydrogens is 539 g/mol. The molecule has 5 nitrogen and oxygen atoms in total. The Kier molecular flexibility index (Phi) is 6.35. The van der Waals surface area contributed by atoms with Crippen LogP contribution in [0.2, 0.25) is 10.0 Å². The molecule has 0 amide bonds. The van der Waals surface area contributed by atoms with Gasteiger partial charge in [-0.2, -0.15) is 26.3 Å². The molecule has 0 fully saturated rings. The molecule has 0 aliphatic rings. The third-order valence-electron chi connectivity index (χ3n) is 4.72. The smallest absolute Gasteiger partial charge is 0.383 e. The standard InChI is InChI=1S/C21H13Cl2F6N5S/c1-8-3-9(2)5-10(4-8)35-11-6-12(22)15(13(23)7-11)34-17(30)14-16(20(24,25)26)31-19(21(27,28)29)32-18(14)33-34/h3-7H,30H2,1-2H3. The minimum atomic E-state index is -5.26. The van der Waals surface area contributed by atoms with E-state index in [0.717, 1.165) is 20.7 Å². The third-order valence-corrected chi connectivity index (χ3v) is 6.24. The number of aryl methyl sites for hydroxylation is 2. The van der Waals surface area contributed by atoms with Crippen molar-refractivity contribution in [2.24, 2.45) is 0 Å². The topological polar surface area (TPSA) is 69.6 Å². The molecule has 0 saturated heterocycles. The molecule has 0 aliphatic heterocycles. The minimum absolute atomic E-state index is 0.0403. The third kappa shape index (κ3) is 5.00. The average molecular weight is 552 g/mol. The van der Waals surface area contributed by atoms with Gasteiger partial charge in [-0.15, -0.1) is 5.10 Å². The normalized spacial score (nSPS) is 12.5. The number of hydrogen-bond donors (Lipinski definition) is 1. The number of nitrogens with zero attached hydrogens (tertiary/aromatic N) is 4. The molecule has 184 valence electrons. The number of hydrogen-bond acceptors (Lipinski definition) is 5. The first-order valence-electron chi connectivity index (χ1n) is 9.61. The highest BCUT2D eigenvalue weighted by molar-refractivity contribution is 7.99. The quantitative estimate of drug-likeness (QED) is 0.267. The Labute approximate surface area is 208 Å². The average Bonchev–Trinajstić information content (AvgIpc) is 3.01. The van der Waals surface area contributed by atoms with E-state index in [4.69, 9.17) is 28.9 Å². The van der Waals surface area contributed by atoms with Crippen LogP contribution >= 0.6 is 35.0 Å². The van der Waals surface area contributed by atoms with Crippen molar-refractivity contribution in [3.8, 4) is 5.69 Å². The summed E-state index contributed by atoms with van der Waals surface area (Å²) < 4.78 is 80.7. The van der Waals surface area contributed by atoms with E-state index in [2.05, 4.69) is 15.1 Å². The number of nitrogens with two attached hydrogens (primary N) is 1. The summed E-state index contributed by atoms with van der Waals surface area (Å²) in [7, 11) is 0. The van der Waals surface area contributed by atoms with Gasteiger partial charge in [0.05, 0.1) is 15.4 Å². The maximum atomic E-state index is 13.5. The first kappa shape index (κ1) is 25.4. The zero-order valence-corrected chi connectivity index (χ0v) is 20.0. The summed E-state index contributed by atoms with van der Waals surface area (Å²) in [5.74, 6) is -2.67. The lowest BCUT2D eigenvalue weighted by Gasteiger charge is -2.12. The Balaban J connectivity index is 1.87. The predicted octanol–water partition coefficient (Wildman–Crippen LogP) is 7.51. The lowest BCUT2D eigenvalue weighted by Crippen LogP contribution is -2.17. The van der Waals surface area contributed by atoms with Crippen molar-refractivity contribution in [3.05, 3.63) is 63.0 Å². The number of alkyl halides is 6. The Bertz CT molecular complexity index is 1420. The molecule has 0 bridgehead atoms. The van der Waals surface area contributed by atoms with Crippen molar-refractivity contribution in [2.45, 2.75) is 36.0 Å². The van der Waals surface area contributed by atoms with Gasteiger partial charge in [0.25, 0.3) is 0 Å². The zero-order chi connectivity index (χ0) is 25.9. The highest BCUT2D eigenvalue weighted by atomic mass is 35.5. The number of aromatic nitrogens is 4. The molecule has 2 aromatic heterocycles. The summed E-state index contributed by atoms with van der Waals surface area (Å²) in [4.78, 5) is 7.32. The molecule has 14 heteroatoms. The molecule has 0 atom stereocenters. The Morgan fingerprint density at radius 3 is 1.89 bits per heavy atom. The van der Waals surface area contributed by atoms with Crippen LogP contribution in [0, 0.1) is 13.8 Å². The molecule has 0 saturated carbocycles. The van der Waals surface area contributed by atoms with Crippen LogP contribution in [-0.4, -0.2) is 19.7 Å². The largest absolute Gasteiger partial charge is 0.451 e. The fraction of sp³-hybridized carbons (Fsp3) is 0.190. The van der Waals surface area contributed by atoms with Crippen LogP contribution in [0.1, 0.15) is 22.6 Å². The second-order valence-electron chi connectivity index (χ2n) is 7.55. The molecule has 2 heterocycles. The zero-order valence-electron chi connectivity index (χ0n) is 17.7. The van der Waals surface area contributed by atoms with Gasteiger partial charge in [-0.25, -0.2) is 14.6 Å². The van der Waals surface area contributed by atoms with Crippen molar-refractivity contribution in [1.82, 2.24) is 19.7 Å². The lowest BCUT2D eigenvalue weighted by molar-refractivity contribution is -0.151. The molecule has 35 heavy (non-hydrogen) atoms. The fourth-order valence-corrected chi connectivity index (χ4v) is 5.34. The monoisotopic (exact) mass is 551 g/mol. The Hall–Kier alpha value is -2.70. The van der Waals surface area contributed by atoms with Crippen molar-refractivity contribution in [2.75, 3.05) is 5.73 Å². The molecule has 0 spiro atoms. The van der Waals surface area contributed by atoms with E-state index in [1.165, 1.54) is 23.9 Å². The minimum Gasteiger partial charge on any atom is -0.383 e. The molecule has 0 radical (unpaired) electrons. The van der Waals surface area contributed by atoms with E-state index >= 15 is 0 Å². The maximum Gasteiger partial charge on any atom is 0.451 e. The van der Waals surface area contributed by atoms with Gasteiger partial charge in [0, 0.05) is 9.79 Å². The first-order valence-corrected chi connectivity index (χ1v) is 11.2. The predicted molar refractivity (Wildman–Crippen MR) is 121 cm³/mol. The van der Waals surface area contributed by atoms with Gasteiger partial charge in [0.2, 0.25) is 5.82 Å². The van der Waals surface area contributed by atoms with Crippen LogP contribution in [0.25, 0.3) is 16.7 Å². The van der Waals surface area contributed by atoms with Crippen LogP contribution in [-0.2, 0) is 12.4 Å². The maximum absolute atomic E-state index is 13.5. The van der Waals surface area contributed by atoms with E-state index in [1.807, 2.05) is 32.0 Å². The SMILES string of the molecule is Cc1cc(C)cc(Sc2cc(Cl)c(-n3nc4nc(C(F)(F)F)nc(C(F)(F)F)c4c3N)c(Cl)c2)c1. The van der Waals surface area contributed by atoms with Gasteiger partial charge >= 0.3 is 12.4 Å². The van der Waals surface area contributed by atoms with Crippen molar-refractivity contribution >= 4 is 51.8 Å². The van der Waals surface area contributed by atoms with Crippen LogP contribution in [0.5, 0.6) is 0 Å². The highest BCUT2D eigenvalue weighted by Crippen LogP contribution is 2.42. The second kappa shape index (κ2) is 8.75. The summed E-state index contributed by atoms with van der Waals surface area (Å²) >= 11 is 14.1. The number of fused-ring (bicyclic) bond motifs is 1. The van der Waals surface area contributed by atoms with Crippen molar-refractivity contribution in [1.29, 1.82) is 0 Å². The van der Waals surface area contributed by atoms with Crippen LogP contribution in [0.4, 0.5) is 32.2 Å². The molecule has 4 aromatic rings. The number of anilines is 1. The van der Waals surface area contributed by atoms with Gasteiger partial charge in [0.1, 0.15) is 11.5 Å². The Morgan fingerprint density at radius 2 is 1.37 bits per heavy atom. The molecule has 4 rings (SSSR count). The first-order chi connectivity index (χ1) is 16.1. The number of benzene rings is 2. The molecule has 2 N–H and O–H groups in total. The number of rotatable bonds is 3. The fourth-order valence-electron chi connectivity index (χ4n) is 3.45. The number of nitrogen functional groups attached to an aromatic ring is 1. The van der Waals surface area contributed by atoms with Gasteiger partial charge in [-0.1, -0.05) is 41.0 Å².